The molecule has 0 aromatic carbocycles. The van der Waals surface area contributed by atoms with Crippen LogP contribution in [0.3, 0.4) is 0 Å². The van der Waals surface area contributed by atoms with Gasteiger partial charge in [-0.05, 0) is 70.2 Å². The van der Waals surface area contributed by atoms with E-state index in [0.717, 1.165) is 45.0 Å². The predicted octanol–water partition coefficient (Wildman–Crippen LogP) is 22.0. The van der Waals surface area contributed by atoms with Crippen LogP contribution in [-0.2, 0) is 37.9 Å². The Balaban J connectivity index is 0.000000595. The second kappa shape index (κ2) is 43.6. The molecule has 14 rings (SSSR count). The quantitative estimate of drug-likeness (QED) is 0.139. The Kier molecular flexibility index (Phi) is 38.8. The Hall–Kier alpha value is -9.59. The number of fused-ring (bicyclic) bond motifs is 7. The van der Waals surface area contributed by atoms with Gasteiger partial charge in [0.1, 0.15) is 24.6 Å². The van der Waals surface area contributed by atoms with Crippen molar-refractivity contribution in [1.82, 2.24) is 96.7 Å². The van der Waals surface area contributed by atoms with Crippen LogP contribution in [0.15, 0.2) is 179 Å². The van der Waals surface area contributed by atoms with E-state index in [2.05, 4.69) is 232 Å². The van der Waals surface area contributed by atoms with E-state index in [9.17, 15) is 0 Å². The van der Waals surface area contributed by atoms with Crippen LogP contribution in [-0.4, -0.2) is 96.7 Å². The van der Waals surface area contributed by atoms with Crippen LogP contribution in [0.1, 0.15) is 282 Å². The first kappa shape index (κ1) is 93.4. The summed E-state index contributed by atoms with van der Waals surface area (Å²) in [6.07, 6.45) is 35.1. The van der Waals surface area contributed by atoms with E-state index in [1.54, 1.807) is 63.5 Å². The maximum atomic E-state index is 4.35. The van der Waals surface area contributed by atoms with Crippen LogP contribution in [0.5, 0.6) is 0 Å². The molecule has 0 aliphatic rings. The molecule has 0 saturated heterocycles. The molecule has 14 aromatic heterocycles. The second-order valence-corrected chi connectivity index (χ2v) is 29.5. The van der Waals surface area contributed by atoms with Crippen LogP contribution in [0, 0.1) is 0 Å². The largest absolute Gasteiger partial charge is 0.304 e. The minimum absolute atomic E-state index is 0.0795. The Morgan fingerprint density at radius 1 is 0.257 bits per heavy atom. The van der Waals surface area contributed by atoms with Gasteiger partial charge < -0.3 is 8.80 Å². The molecule has 0 aliphatic heterocycles. The number of nitrogens with zero attached hydrogens (tertiary/aromatic N) is 20. The zero-order valence-electron chi connectivity index (χ0n) is 71.2. The van der Waals surface area contributed by atoms with Gasteiger partial charge in [0.15, 0.2) is 22.6 Å². The summed E-state index contributed by atoms with van der Waals surface area (Å²) in [6.45, 7) is 73.7. The lowest BCUT2D eigenvalue weighted by atomic mass is 9.88. The molecule has 20 nitrogen and oxygen atoms in total. The van der Waals surface area contributed by atoms with Crippen LogP contribution in [0.4, 0.5) is 0 Å². The van der Waals surface area contributed by atoms with E-state index in [-0.39, 0.29) is 37.9 Å². The fourth-order valence-electron chi connectivity index (χ4n) is 9.80. The third-order valence-electron chi connectivity index (χ3n) is 14.8. The fourth-order valence-corrected chi connectivity index (χ4v) is 9.80. The molecule has 105 heavy (non-hydrogen) atoms. The van der Waals surface area contributed by atoms with Gasteiger partial charge in [0, 0.05) is 112 Å². The van der Waals surface area contributed by atoms with Gasteiger partial charge in [-0.2, -0.15) is 25.5 Å². The Labute approximate surface area is 631 Å². The van der Waals surface area contributed by atoms with Crippen molar-refractivity contribution in [2.45, 2.75) is 280 Å². The maximum Gasteiger partial charge on any atom is 0.162 e. The molecule has 0 amide bonds. The summed E-state index contributed by atoms with van der Waals surface area (Å²) in [7, 11) is 0. The van der Waals surface area contributed by atoms with Gasteiger partial charge in [0.2, 0.25) is 0 Å². The van der Waals surface area contributed by atoms with Gasteiger partial charge in [-0.15, -0.1) is 0 Å². The molecule has 0 saturated carbocycles. The zero-order valence-corrected chi connectivity index (χ0v) is 71.2. The Bertz CT molecular complexity index is 3790. The van der Waals surface area contributed by atoms with Gasteiger partial charge in [-0.1, -0.05) is 254 Å². The molecule has 0 spiro atoms. The van der Waals surface area contributed by atoms with E-state index < -0.39 is 0 Å². The molecular weight excluding hydrogens is 1300 g/mol. The summed E-state index contributed by atoms with van der Waals surface area (Å²) < 4.78 is 13.3. The molecule has 0 radical (unpaired) electrons. The molecule has 574 valence electrons. The molecule has 0 fully saturated rings. The van der Waals surface area contributed by atoms with Gasteiger partial charge in [0.05, 0.1) is 53.9 Å². The van der Waals surface area contributed by atoms with Crippen LogP contribution in [0.25, 0.3) is 39.3 Å². The van der Waals surface area contributed by atoms with E-state index >= 15 is 0 Å². The lowest BCUT2D eigenvalue weighted by molar-refractivity contribution is 0.551. The van der Waals surface area contributed by atoms with Crippen molar-refractivity contribution in [1.29, 1.82) is 0 Å². The summed E-state index contributed by atoms with van der Waals surface area (Å²) in [5.74, 6) is 0. The SMILES string of the molecule is CC.CC.CC.CC.CC.CC.CC.CC(C)(C)c1cnc2ccccn12.CC(C)(C)c1cnc2cccnn12.CC(C)(C)c1cnc2cnccn12.CC(C)(C)c1cnn2ccccc12.CC(C)(C)c1cnn2cccnc12.CC(C)(C)c1cnn2cnccc12.CC(C)(C)c1cnn2cncnc12. The van der Waals surface area contributed by atoms with E-state index in [4.69, 9.17) is 0 Å². The number of hydrogen-bond donors (Lipinski definition) is 0. The molecular formula is C85H134N20. The van der Waals surface area contributed by atoms with Crippen molar-refractivity contribution in [2.75, 3.05) is 0 Å². The van der Waals surface area contributed by atoms with Crippen LogP contribution < -0.4 is 0 Å². The smallest absolute Gasteiger partial charge is 0.162 e. The van der Waals surface area contributed by atoms with Crippen molar-refractivity contribution in [3.8, 4) is 0 Å². The highest BCUT2D eigenvalue weighted by Crippen LogP contribution is 2.30. The number of aromatic nitrogens is 20. The third-order valence-corrected chi connectivity index (χ3v) is 14.8. The van der Waals surface area contributed by atoms with E-state index in [0.29, 0.717) is 0 Å². The van der Waals surface area contributed by atoms with Crippen molar-refractivity contribution < 1.29 is 0 Å². The van der Waals surface area contributed by atoms with Crippen molar-refractivity contribution in [3.05, 3.63) is 218 Å². The summed E-state index contributed by atoms with van der Waals surface area (Å²) >= 11 is 0. The van der Waals surface area contributed by atoms with E-state index in [1.807, 2.05) is 223 Å². The molecule has 0 N–H and O–H groups in total. The fraction of sp³-hybridized carbons (Fsp3) is 0.494. The first-order valence-electron chi connectivity index (χ1n) is 37.7. The highest BCUT2D eigenvalue weighted by atomic mass is 15.3. The topological polar surface area (TPSA) is 198 Å². The molecule has 0 aliphatic carbocycles. The lowest BCUT2D eigenvalue weighted by Crippen LogP contribution is -2.15. The molecule has 0 bridgehead atoms. The number of rotatable bonds is 0. The average molecular weight is 1440 g/mol. The predicted molar refractivity (Wildman–Crippen MR) is 443 cm³/mol. The number of imidazole rings is 3. The Morgan fingerprint density at radius 3 is 1.22 bits per heavy atom. The number of pyridine rings is 2. The summed E-state index contributed by atoms with van der Waals surface area (Å²) in [4.78, 5) is 33.4. The minimum atomic E-state index is 0.0795. The average Bonchev–Trinajstić information content (AvgIpc) is 1.75. The summed E-state index contributed by atoms with van der Waals surface area (Å²) in [5.41, 5.74) is 16.4. The lowest BCUT2D eigenvalue weighted by Gasteiger charge is -2.17. The van der Waals surface area contributed by atoms with Crippen LogP contribution in [0.2, 0.25) is 0 Å². The third kappa shape index (κ3) is 27.1. The van der Waals surface area contributed by atoms with E-state index in [1.165, 1.54) is 33.6 Å². The summed E-state index contributed by atoms with van der Waals surface area (Å²) in [6, 6.07) is 19.9. The number of hydrogen-bond acceptors (Lipinski definition) is 13. The first-order chi connectivity index (χ1) is 49.6. The maximum absolute atomic E-state index is 4.35. The van der Waals surface area contributed by atoms with Crippen molar-refractivity contribution >= 4 is 39.3 Å². The standard InChI is InChI=1S/2C11H14N2.4C10H13N3.C9H12N4.7C2H6/c1-11(2,3)9-8-12-10-6-4-5-7-13(9)10;1-11(2,3)9-8-12-13-7-5-4-6-10(9)13;1-10(2,3)8-6-12-9-7-11-4-5-13(8)9;1-10(2,3)8-6-12-13-7-11-5-4-9(8)13;1-10(2,3)8-7-12-13-6-4-5-11-9(8)13;1-10(2,3)8-7-11-9-5-4-6-12-13(8)9;1-9(2,3)7-4-12-13-6-10-5-11-8(7)13;7*1-2/h2*4-8H,1-3H3;4*4-7H,1-3H3;4-6H,1-3H3;7*1-2H3. The second-order valence-electron chi connectivity index (χ2n) is 29.5. The van der Waals surface area contributed by atoms with Crippen LogP contribution >= 0.6 is 0 Å². The van der Waals surface area contributed by atoms with Gasteiger partial charge in [-0.3, -0.25) is 4.98 Å². The highest BCUT2D eigenvalue weighted by molar-refractivity contribution is 5.57. The summed E-state index contributed by atoms with van der Waals surface area (Å²) in [5, 5.41) is 21.2. The highest BCUT2D eigenvalue weighted by Gasteiger charge is 2.24. The normalized spacial score (nSPS) is 11.0. The Morgan fingerprint density at radius 2 is 0.676 bits per heavy atom. The zero-order chi connectivity index (χ0) is 80.3. The minimum Gasteiger partial charge on any atom is -0.304 e. The van der Waals surface area contributed by atoms with Crippen molar-refractivity contribution in [3.63, 3.8) is 0 Å². The molecule has 0 atom stereocenters. The van der Waals surface area contributed by atoms with Gasteiger partial charge >= 0.3 is 0 Å². The molecule has 14 aromatic rings. The van der Waals surface area contributed by atoms with Crippen molar-refractivity contribution in [2.24, 2.45) is 0 Å². The van der Waals surface area contributed by atoms with Gasteiger partial charge in [-0.25, -0.2) is 57.5 Å². The van der Waals surface area contributed by atoms with Gasteiger partial charge in [0.25, 0.3) is 0 Å². The molecule has 14 heterocycles. The molecule has 20 heteroatoms. The monoisotopic (exact) mass is 1440 g/mol. The molecule has 0 unspecified atom stereocenters. The first-order valence-corrected chi connectivity index (χ1v) is 37.7.